The van der Waals surface area contributed by atoms with Gasteiger partial charge in [-0.25, -0.2) is 4.98 Å². The maximum atomic E-state index is 12.3. The van der Waals surface area contributed by atoms with Gasteiger partial charge in [0, 0.05) is 28.8 Å². The lowest BCUT2D eigenvalue weighted by molar-refractivity contribution is -0.115. The molecule has 0 aliphatic carbocycles. The van der Waals surface area contributed by atoms with E-state index >= 15 is 0 Å². The molecule has 2 aromatic carbocycles. The Kier molecular flexibility index (Phi) is 7.71. The largest absolute Gasteiger partial charge is 0.416 e. The van der Waals surface area contributed by atoms with Crippen molar-refractivity contribution in [2.24, 2.45) is 0 Å². The summed E-state index contributed by atoms with van der Waals surface area (Å²) >= 11 is 2.67. The van der Waals surface area contributed by atoms with Crippen LogP contribution >= 0.6 is 23.1 Å². The van der Waals surface area contributed by atoms with Gasteiger partial charge in [0.25, 0.3) is 11.1 Å². The third-order valence-electron chi connectivity index (χ3n) is 5.02. The molecule has 0 spiro atoms. The first kappa shape index (κ1) is 23.7. The normalized spacial score (nSPS) is 10.8. The highest BCUT2D eigenvalue weighted by molar-refractivity contribution is 7.99. The fourth-order valence-electron chi connectivity index (χ4n) is 3.06. The summed E-state index contributed by atoms with van der Waals surface area (Å²) in [4.78, 5) is 28.9. The summed E-state index contributed by atoms with van der Waals surface area (Å²) in [5.74, 6) is 0.673. The summed E-state index contributed by atoms with van der Waals surface area (Å²) in [5, 5.41) is 16.6. The summed E-state index contributed by atoms with van der Waals surface area (Å²) in [6.07, 6.45) is 0.685. The van der Waals surface area contributed by atoms with E-state index in [0.717, 1.165) is 22.5 Å². The van der Waals surface area contributed by atoms with Gasteiger partial charge >= 0.3 is 0 Å². The first-order chi connectivity index (χ1) is 16.5. The van der Waals surface area contributed by atoms with Crippen molar-refractivity contribution in [2.45, 2.75) is 31.9 Å². The Morgan fingerprint density at radius 1 is 1.03 bits per heavy atom. The highest BCUT2D eigenvalue weighted by Crippen LogP contribution is 2.22. The molecule has 4 aromatic rings. The lowest BCUT2D eigenvalue weighted by Crippen LogP contribution is -2.13. The SMILES string of the molecule is Cc1cccc(NC(=O)CCSc2nnc(Cc3csc(NC(=O)c4ccccc4)n3)o2)c1C. The minimum atomic E-state index is -0.209. The molecule has 2 heterocycles. The molecule has 2 amide bonds. The Labute approximate surface area is 205 Å². The summed E-state index contributed by atoms with van der Waals surface area (Å²) in [5.41, 5.74) is 4.32. The molecule has 8 nitrogen and oxygen atoms in total. The van der Waals surface area contributed by atoms with Gasteiger partial charge in [0.05, 0.1) is 12.1 Å². The second-order valence-corrected chi connectivity index (χ2v) is 9.40. The van der Waals surface area contributed by atoms with Crippen molar-refractivity contribution < 1.29 is 14.0 Å². The minimum absolute atomic E-state index is 0.0616. The number of benzene rings is 2. The number of nitrogens with one attached hydrogen (secondary N) is 2. The van der Waals surface area contributed by atoms with Crippen molar-refractivity contribution in [1.29, 1.82) is 0 Å². The van der Waals surface area contributed by atoms with Crippen LogP contribution in [0.1, 0.15) is 39.5 Å². The molecule has 174 valence electrons. The Morgan fingerprint density at radius 2 is 1.85 bits per heavy atom. The zero-order chi connectivity index (χ0) is 23.9. The van der Waals surface area contributed by atoms with Crippen LogP contribution in [-0.2, 0) is 11.2 Å². The molecule has 0 aliphatic rings. The molecule has 2 aromatic heterocycles. The number of carbonyl (C=O) groups is 2. The molecular formula is C24H23N5O3S2. The summed E-state index contributed by atoms with van der Waals surface area (Å²) < 4.78 is 5.67. The number of rotatable bonds is 9. The monoisotopic (exact) mass is 493 g/mol. The van der Waals surface area contributed by atoms with Crippen molar-refractivity contribution >= 4 is 45.7 Å². The summed E-state index contributed by atoms with van der Waals surface area (Å²) in [7, 11) is 0. The van der Waals surface area contributed by atoms with Gasteiger partial charge in [-0.2, -0.15) is 0 Å². The Balaban J connectivity index is 1.23. The molecule has 0 aliphatic heterocycles. The molecule has 10 heteroatoms. The van der Waals surface area contributed by atoms with Crippen molar-refractivity contribution in [2.75, 3.05) is 16.4 Å². The lowest BCUT2D eigenvalue weighted by atomic mass is 10.1. The van der Waals surface area contributed by atoms with Crippen LogP contribution in [0, 0.1) is 13.8 Å². The molecule has 0 fully saturated rings. The van der Waals surface area contributed by atoms with Crippen LogP contribution < -0.4 is 10.6 Å². The quantitative estimate of drug-likeness (QED) is 0.312. The third-order valence-corrected chi connectivity index (χ3v) is 6.65. The van der Waals surface area contributed by atoms with Crippen LogP contribution in [0.25, 0.3) is 0 Å². The van der Waals surface area contributed by atoms with Crippen LogP contribution in [0.3, 0.4) is 0 Å². The Morgan fingerprint density at radius 3 is 2.68 bits per heavy atom. The van der Waals surface area contributed by atoms with Crippen LogP contribution in [0.15, 0.2) is 63.6 Å². The minimum Gasteiger partial charge on any atom is -0.416 e. The van der Waals surface area contributed by atoms with Crippen molar-refractivity contribution in [1.82, 2.24) is 15.2 Å². The van der Waals surface area contributed by atoms with Gasteiger partial charge in [0.2, 0.25) is 11.8 Å². The van der Waals surface area contributed by atoms with Gasteiger partial charge in [-0.05, 0) is 43.2 Å². The van der Waals surface area contributed by atoms with Crippen LogP contribution in [0.5, 0.6) is 0 Å². The first-order valence-electron chi connectivity index (χ1n) is 10.6. The molecule has 4 rings (SSSR count). The van der Waals surface area contributed by atoms with Gasteiger partial charge in [-0.1, -0.05) is 42.1 Å². The predicted octanol–water partition coefficient (Wildman–Crippen LogP) is 5.11. The number of hydrogen-bond donors (Lipinski definition) is 2. The maximum Gasteiger partial charge on any atom is 0.276 e. The van der Waals surface area contributed by atoms with Crippen molar-refractivity contribution in [3.63, 3.8) is 0 Å². The number of amides is 2. The van der Waals surface area contributed by atoms with Gasteiger partial charge in [0.15, 0.2) is 5.13 Å². The lowest BCUT2D eigenvalue weighted by Gasteiger charge is -2.09. The highest BCUT2D eigenvalue weighted by atomic mass is 32.2. The summed E-state index contributed by atoms with van der Waals surface area (Å²) in [6, 6.07) is 14.8. The molecule has 0 saturated carbocycles. The fraction of sp³-hybridized carbons (Fsp3) is 0.208. The van der Waals surface area contributed by atoms with Crippen molar-refractivity contribution in [3.05, 3.63) is 82.2 Å². The van der Waals surface area contributed by atoms with E-state index < -0.39 is 0 Å². The maximum absolute atomic E-state index is 12.3. The van der Waals surface area contributed by atoms with E-state index in [1.165, 1.54) is 23.1 Å². The first-order valence-corrected chi connectivity index (χ1v) is 12.5. The van der Waals surface area contributed by atoms with Crippen LogP contribution in [0.4, 0.5) is 10.8 Å². The van der Waals surface area contributed by atoms with E-state index in [1.54, 1.807) is 12.1 Å². The van der Waals surface area contributed by atoms with E-state index in [0.29, 0.717) is 40.4 Å². The van der Waals surface area contributed by atoms with E-state index in [1.807, 2.05) is 55.6 Å². The molecule has 0 unspecified atom stereocenters. The second kappa shape index (κ2) is 11.1. The molecule has 0 saturated heterocycles. The van der Waals surface area contributed by atoms with Crippen molar-refractivity contribution in [3.8, 4) is 0 Å². The van der Waals surface area contributed by atoms with E-state index in [-0.39, 0.29) is 11.8 Å². The van der Waals surface area contributed by atoms with Crippen LogP contribution in [0.2, 0.25) is 0 Å². The van der Waals surface area contributed by atoms with Gasteiger partial charge in [0.1, 0.15) is 0 Å². The molecular weight excluding hydrogens is 470 g/mol. The second-order valence-electron chi connectivity index (χ2n) is 7.50. The number of carbonyl (C=O) groups excluding carboxylic acids is 2. The highest BCUT2D eigenvalue weighted by Gasteiger charge is 2.13. The summed E-state index contributed by atoms with van der Waals surface area (Å²) in [6.45, 7) is 4.00. The van der Waals surface area contributed by atoms with E-state index in [9.17, 15) is 9.59 Å². The number of anilines is 2. The molecule has 2 N–H and O–H groups in total. The molecule has 0 radical (unpaired) electrons. The predicted molar refractivity (Wildman–Crippen MR) is 133 cm³/mol. The number of thiazole rings is 1. The molecule has 0 bridgehead atoms. The zero-order valence-electron chi connectivity index (χ0n) is 18.7. The molecule has 0 atom stereocenters. The number of aryl methyl sites for hydroxylation is 1. The van der Waals surface area contributed by atoms with Gasteiger partial charge in [-0.15, -0.1) is 21.5 Å². The number of thioether (sulfide) groups is 1. The van der Waals surface area contributed by atoms with E-state index in [2.05, 4.69) is 25.8 Å². The molecule has 34 heavy (non-hydrogen) atoms. The zero-order valence-corrected chi connectivity index (χ0v) is 20.3. The van der Waals surface area contributed by atoms with E-state index in [4.69, 9.17) is 4.42 Å². The fourth-order valence-corrected chi connectivity index (χ4v) is 4.48. The number of aromatic nitrogens is 3. The smallest absolute Gasteiger partial charge is 0.276 e. The standard InChI is InChI=1S/C24H23N5O3S2/c1-15-7-6-10-19(16(15)2)26-20(30)11-12-33-24-29-28-21(32-24)13-18-14-34-23(25-18)27-22(31)17-8-4-3-5-9-17/h3-10,14H,11-13H2,1-2H3,(H,26,30)(H,25,27,31). The van der Waals surface area contributed by atoms with Gasteiger partial charge in [-0.3, -0.25) is 14.9 Å². The average Bonchev–Trinajstić information content (AvgIpc) is 3.47. The number of nitrogens with zero attached hydrogens (tertiary/aromatic N) is 3. The average molecular weight is 494 g/mol. The van der Waals surface area contributed by atoms with Crippen LogP contribution in [-0.4, -0.2) is 32.7 Å². The topological polar surface area (TPSA) is 110 Å². The van der Waals surface area contributed by atoms with Gasteiger partial charge < -0.3 is 9.73 Å². The Bertz CT molecular complexity index is 1290. The Hall–Kier alpha value is -3.50. The number of hydrogen-bond acceptors (Lipinski definition) is 8. The third kappa shape index (κ3) is 6.30.